The van der Waals surface area contributed by atoms with Crippen LogP contribution in [0.5, 0.6) is 0 Å². The van der Waals surface area contributed by atoms with E-state index < -0.39 is 9.84 Å². The summed E-state index contributed by atoms with van der Waals surface area (Å²) in [4.78, 5) is 12.7. The second kappa shape index (κ2) is 9.87. The first-order valence-corrected chi connectivity index (χ1v) is 11.9. The number of hydrogen-bond acceptors (Lipinski definition) is 3. The van der Waals surface area contributed by atoms with Crippen LogP contribution in [-0.4, -0.2) is 20.6 Å². The van der Waals surface area contributed by atoms with Crippen LogP contribution in [0.15, 0.2) is 48.5 Å². The zero-order chi connectivity index (χ0) is 20.7. The third-order valence-corrected chi connectivity index (χ3v) is 5.61. The molecular formula is C23H31NO3S. The molecule has 5 heteroatoms. The van der Waals surface area contributed by atoms with Gasteiger partial charge in [0.05, 0.1) is 11.8 Å². The molecule has 2 aromatic rings. The van der Waals surface area contributed by atoms with Crippen LogP contribution < -0.4 is 5.32 Å². The third kappa shape index (κ3) is 6.79. The summed E-state index contributed by atoms with van der Waals surface area (Å²) in [6.45, 7) is 6.36. The van der Waals surface area contributed by atoms with Gasteiger partial charge >= 0.3 is 0 Å². The molecule has 2 aromatic carbocycles. The zero-order valence-electron chi connectivity index (χ0n) is 17.2. The van der Waals surface area contributed by atoms with E-state index in [1.165, 1.54) is 24.7 Å². The average molecular weight is 402 g/mol. The van der Waals surface area contributed by atoms with E-state index in [1.54, 1.807) is 24.3 Å². The number of carbonyl (C=O) groups excluding carboxylic acids is 1. The van der Waals surface area contributed by atoms with Gasteiger partial charge in [0, 0.05) is 11.8 Å². The Hall–Kier alpha value is -2.14. The molecule has 0 aliphatic carbocycles. The van der Waals surface area contributed by atoms with Crippen LogP contribution in [0.1, 0.15) is 66.7 Å². The second-order valence-electron chi connectivity index (χ2n) is 7.81. The summed E-state index contributed by atoms with van der Waals surface area (Å²) in [6.07, 6.45) is 4.64. The zero-order valence-corrected chi connectivity index (χ0v) is 18.1. The SMILES string of the molecule is CCCCc1ccc(C(NC(=O)c2ccc(CS(C)(=O)=O)cc2)C(C)C)cc1. The highest BCUT2D eigenvalue weighted by molar-refractivity contribution is 7.89. The van der Waals surface area contributed by atoms with Crippen molar-refractivity contribution in [3.05, 3.63) is 70.8 Å². The molecule has 1 atom stereocenters. The van der Waals surface area contributed by atoms with Crippen molar-refractivity contribution in [2.45, 2.75) is 51.8 Å². The summed E-state index contributed by atoms with van der Waals surface area (Å²) in [5.74, 6) is 0.0723. The van der Waals surface area contributed by atoms with Gasteiger partial charge < -0.3 is 5.32 Å². The molecule has 28 heavy (non-hydrogen) atoms. The molecule has 0 spiro atoms. The minimum atomic E-state index is -3.09. The fourth-order valence-corrected chi connectivity index (χ4v) is 3.99. The lowest BCUT2D eigenvalue weighted by Crippen LogP contribution is -2.31. The predicted octanol–water partition coefficient (Wildman–Crippen LogP) is 4.70. The van der Waals surface area contributed by atoms with Gasteiger partial charge in [-0.25, -0.2) is 8.42 Å². The molecule has 2 rings (SSSR count). The van der Waals surface area contributed by atoms with Crippen molar-refractivity contribution in [3.63, 3.8) is 0 Å². The van der Waals surface area contributed by atoms with Crippen LogP contribution in [-0.2, 0) is 22.0 Å². The molecule has 0 saturated heterocycles. The van der Waals surface area contributed by atoms with Gasteiger partial charge in [-0.3, -0.25) is 4.79 Å². The fraction of sp³-hybridized carbons (Fsp3) is 0.435. The number of sulfone groups is 1. The summed E-state index contributed by atoms with van der Waals surface area (Å²) in [5, 5.41) is 3.12. The highest BCUT2D eigenvalue weighted by atomic mass is 32.2. The van der Waals surface area contributed by atoms with Gasteiger partial charge in [-0.1, -0.05) is 63.6 Å². The standard InChI is InChI=1S/C23H31NO3S/c1-5-6-7-18-8-12-20(13-9-18)22(17(2)3)24-23(25)21-14-10-19(11-15-21)16-28(4,26)27/h8-15,17,22H,5-7,16H2,1-4H3,(H,24,25). The van der Waals surface area contributed by atoms with E-state index in [4.69, 9.17) is 0 Å². The Kier molecular flexibility index (Phi) is 7.81. The number of nitrogens with one attached hydrogen (secondary N) is 1. The van der Waals surface area contributed by atoms with Crippen LogP contribution in [0.25, 0.3) is 0 Å². The van der Waals surface area contributed by atoms with Crippen molar-refractivity contribution in [1.29, 1.82) is 0 Å². The Morgan fingerprint density at radius 3 is 2.04 bits per heavy atom. The maximum atomic E-state index is 12.7. The first kappa shape index (κ1) is 22.2. The molecule has 1 unspecified atom stereocenters. The van der Waals surface area contributed by atoms with Gasteiger partial charge in [0.25, 0.3) is 5.91 Å². The molecule has 152 valence electrons. The minimum Gasteiger partial charge on any atom is -0.345 e. The van der Waals surface area contributed by atoms with Crippen molar-refractivity contribution < 1.29 is 13.2 Å². The number of amides is 1. The molecule has 0 bridgehead atoms. The molecule has 4 nitrogen and oxygen atoms in total. The van der Waals surface area contributed by atoms with E-state index in [1.807, 2.05) is 0 Å². The van der Waals surface area contributed by atoms with E-state index >= 15 is 0 Å². The predicted molar refractivity (Wildman–Crippen MR) is 115 cm³/mol. The van der Waals surface area contributed by atoms with Gasteiger partial charge in [-0.2, -0.15) is 0 Å². The minimum absolute atomic E-state index is 0.0199. The molecule has 0 radical (unpaired) electrons. The van der Waals surface area contributed by atoms with Crippen LogP contribution in [0, 0.1) is 5.92 Å². The number of carbonyl (C=O) groups is 1. The van der Waals surface area contributed by atoms with Gasteiger partial charge in [0.2, 0.25) is 0 Å². The van der Waals surface area contributed by atoms with Crippen molar-refractivity contribution in [2.24, 2.45) is 5.92 Å². The van der Waals surface area contributed by atoms with E-state index in [0.29, 0.717) is 11.1 Å². The fourth-order valence-electron chi connectivity index (χ4n) is 3.19. The maximum Gasteiger partial charge on any atom is 0.251 e. The Morgan fingerprint density at radius 1 is 0.964 bits per heavy atom. The lowest BCUT2D eigenvalue weighted by atomic mass is 9.94. The number of unbranched alkanes of at least 4 members (excludes halogenated alkanes) is 1. The van der Waals surface area contributed by atoms with Crippen molar-refractivity contribution in [1.82, 2.24) is 5.32 Å². The number of benzene rings is 2. The number of aryl methyl sites for hydroxylation is 1. The lowest BCUT2D eigenvalue weighted by molar-refractivity contribution is 0.0925. The van der Waals surface area contributed by atoms with Crippen LogP contribution in [0.3, 0.4) is 0 Å². The molecular weight excluding hydrogens is 370 g/mol. The summed E-state index contributed by atoms with van der Waals surface area (Å²) in [6, 6.07) is 15.2. The van der Waals surface area contributed by atoms with Gasteiger partial charge in [-0.15, -0.1) is 0 Å². The van der Waals surface area contributed by atoms with E-state index in [9.17, 15) is 13.2 Å². The van der Waals surface area contributed by atoms with Crippen molar-refractivity contribution in [2.75, 3.05) is 6.26 Å². The largest absolute Gasteiger partial charge is 0.345 e. The quantitative estimate of drug-likeness (QED) is 0.662. The van der Waals surface area contributed by atoms with E-state index in [-0.39, 0.29) is 23.6 Å². The van der Waals surface area contributed by atoms with Crippen molar-refractivity contribution in [3.8, 4) is 0 Å². The Balaban J connectivity index is 2.10. The second-order valence-corrected chi connectivity index (χ2v) is 9.95. The maximum absolute atomic E-state index is 12.7. The number of hydrogen-bond donors (Lipinski definition) is 1. The monoisotopic (exact) mass is 401 g/mol. The third-order valence-electron chi connectivity index (χ3n) is 4.76. The molecule has 1 amide bonds. The lowest BCUT2D eigenvalue weighted by Gasteiger charge is -2.23. The molecule has 1 N–H and O–H groups in total. The van der Waals surface area contributed by atoms with Crippen molar-refractivity contribution >= 4 is 15.7 Å². The Labute approximate surface area is 169 Å². The van der Waals surface area contributed by atoms with Gasteiger partial charge in [-0.05, 0) is 47.6 Å². The van der Waals surface area contributed by atoms with E-state index in [2.05, 4.69) is 50.4 Å². The highest BCUT2D eigenvalue weighted by Crippen LogP contribution is 2.23. The summed E-state index contributed by atoms with van der Waals surface area (Å²) in [7, 11) is -3.09. The van der Waals surface area contributed by atoms with Gasteiger partial charge in [0.1, 0.15) is 0 Å². The highest BCUT2D eigenvalue weighted by Gasteiger charge is 2.19. The van der Waals surface area contributed by atoms with Gasteiger partial charge in [0.15, 0.2) is 9.84 Å². The normalized spacial score (nSPS) is 12.8. The summed E-state index contributed by atoms with van der Waals surface area (Å²) in [5.41, 5.74) is 3.63. The smallest absolute Gasteiger partial charge is 0.251 e. The van der Waals surface area contributed by atoms with Crippen LogP contribution in [0.2, 0.25) is 0 Å². The molecule has 0 saturated carbocycles. The molecule has 0 aliphatic rings. The number of rotatable bonds is 9. The molecule has 0 heterocycles. The van der Waals surface area contributed by atoms with Crippen LogP contribution >= 0.6 is 0 Å². The average Bonchev–Trinajstić information content (AvgIpc) is 2.64. The van der Waals surface area contributed by atoms with Crippen LogP contribution in [0.4, 0.5) is 0 Å². The Bertz CT molecular complexity index is 869. The molecule has 0 fully saturated rings. The van der Waals surface area contributed by atoms with E-state index in [0.717, 1.165) is 12.0 Å². The molecule has 0 aromatic heterocycles. The molecule has 0 aliphatic heterocycles. The summed E-state index contributed by atoms with van der Waals surface area (Å²) < 4.78 is 22.8. The summed E-state index contributed by atoms with van der Waals surface area (Å²) >= 11 is 0. The Morgan fingerprint density at radius 2 is 1.54 bits per heavy atom. The topological polar surface area (TPSA) is 63.2 Å². The first-order valence-electron chi connectivity index (χ1n) is 9.86. The first-order chi connectivity index (χ1) is 13.2.